The van der Waals surface area contributed by atoms with E-state index in [1.165, 1.54) is 6.92 Å². The number of carboxylic acid groups (broad SMARTS) is 2. The monoisotopic (exact) mass is 201 g/mol. The SMILES string of the molecule is [CH2]C(OC(=O)C(=C)C)(C(=O)O)C(=O)O. The van der Waals surface area contributed by atoms with Crippen molar-refractivity contribution in [1.29, 1.82) is 0 Å². The first-order chi connectivity index (χ1) is 6.21. The smallest absolute Gasteiger partial charge is 0.360 e. The predicted molar refractivity (Wildman–Crippen MR) is 44.3 cm³/mol. The average molecular weight is 201 g/mol. The number of aliphatic carboxylic acids is 2. The third-order valence-electron chi connectivity index (χ3n) is 1.31. The number of carbonyl (C=O) groups excluding carboxylic acids is 1. The summed E-state index contributed by atoms with van der Waals surface area (Å²) in [7, 11) is 0. The molecule has 2 N–H and O–H groups in total. The Hall–Kier alpha value is -1.85. The molecule has 0 saturated heterocycles. The zero-order valence-corrected chi connectivity index (χ0v) is 7.44. The lowest BCUT2D eigenvalue weighted by atomic mass is 10.1. The summed E-state index contributed by atoms with van der Waals surface area (Å²) in [5.74, 6) is -4.84. The summed E-state index contributed by atoms with van der Waals surface area (Å²) in [5.41, 5.74) is -2.93. The molecule has 0 aromatic heterocycles. The van der Waals surface area contributed by atoms with Crippen molar-refractivity contribution in [3.63, 3.8) is 0 Å². The predicted octanol–water partition coefficient (Wildman–Crippen LogP) is -0.152. The Labute approximate surface area is 79.8 Å². The van der Waals surface area contributed by atoms with Gasteiger partial charge in [-0.25, -0.2) is 14.4 Å². The third kappa shape index (κ3) is 2.32. The molecule has 0 aliphatic heterocycles. The van der Waals surface area contributed by atoms with Crippen LogP contribution in [-0.2, 0) is 19.1 Å². The molecular formula is C8H9O6. The summed E-state index contributed by atoms with van der Waals surface area (Å²) in [6.07, 6.45) is 0. The van der Waals surface area contributed by atoms with Crippen LogP contribution in [0, 0.1) is 6.92 Å². The Bertz CT molecular complexity index is 289. The molecule has 0 heterocycles. The van der Waals surface area contributed by atoms with Crippen molar-refractivity contribution in [2.45, 2.75) is 12.5 Å². The summed E-state index contributed by atoms with van der Waals surface area (Å²) in [6, 6.07) is 0. The largest absolute Gasteiger partial charge is 0.478 e. The summed E-state index contributed by atoms with van der Waals surface area (Å²) in [5, 5.41) is 17.0. The van der Waals surface area contributed by atoms with Crippen LogP contribution in [0.4, 0.5) is 0 Å². The Kier molecular flexibility index (Phi) is 3.39. The maximum atomic E-state index is 10.9. The molecule has 77 valence electrons. The second-order valence-electron chi connectivity index (χ2n) is 2.61. The van der Waals surface area contributed by atoms with Gasteiger partial charge in [-0.2, -0.15) is 0 Å². The van der Waals surface area contributed by atoms with Crippen LogP contribution < -0.4 is 0 Å². The Morgan fingerprint density at radius 3 is 1.79 bits per heavy atom. The third-order valence-corrected chi connectivity index (χ3v) is 1.31. The van der Waals surface area contributed by atoms with E-state index in [0.717, 1.165) is 0 Å². The highest BCUT2D eigenvalue weighted by Crippen LogP contribution is 2.12. The summed E-state index contributed by atoms with van der Waals surface area (Å²) in [6.45, 7) is 7.23. The fourth-order valence-corrected chi connectivity index (χ4v) is 0.424. The second-order valence-corrected chi connectivity index (χ2v) is 2.61. The summed E-state index contributed by atoms with van der Waals surface area (Å²) >= 11 is 0. The van der Waals surface area contributed by atoms with E-state index < -0.39 is 23.5 Å². The van der Waals surface area contributed by atoms with Gasteiger partial charge in [0.1, 0.15) is 0 Å². The van der Waals surface area contributed by atoms with Gasteiger partial charge in [0.05, 0.1) is 0 Å². The fraction of sp³-hybridized carbons (Fsp3) is 0.250. The standard InChI is InChI=1S/C8H9O6/c1-4(2)5(9)14-8(3,6(10)11)7(12)13/h1,3H2,2H3,(H,10,11)(H,12,13). The maximum Gasteiger partial charge on any atom is 0.360 e. The first-order valence-electron chi connectivity index (χ1n) is 3.42. The van der Waals surface area contributed by atoms with Crippen molar-refractivity contribution in [2.75, 3.05) is 0 Å². The lowest BCUT2D eigenvalue weighted by Gasteiger charge is -2.19. The van der Waals surface area contributed by atoms with Gasteiger partial charge in [-0.15, -0.1) is 0 Å². The van der Waals surface area contributed by atoms with Crippen LogP contribution in [0.3, 0.4) is 0 Å². The van der Waals surface area contributed by atoms with Gasteiger partial charge >= 0.3 is 23.5 Å². The first kappa shape index (κ1) is 12.2. The molecule has 0 spiro atoms. The van der Waals surface area contributed by atoms with Crippen LogP contribution >= 0.6 is 0 Å². The first-order valence-corrected chi connectivity index (χ1v) is 3.42. The topological polar surface area (TPSA) is 101 Å². The highest BCUT2D eigenvalue weighted by molar-refractivity contribution is 6.05. The van der Waals surface area contributed by atoms with Gasteiger partial charge in [-0.1, -0.05) is 6.58 Å². The molecule has 0 atom stereocenters. The Morgan fingerprint density at radius 1 is 1.21 bits per heavy atom. The molecule has 0 rings (SSSR count). The average Bonchev–Trinajstić information content (AvgIpc) is 2.02. The van der Waals surface area contributed by atoms with E-state index in [4.69, 9.17) is 10.2 Å². The zero-order chi connectivity index (χ0) is 11.5. The van der Waals surface area contributed by atoms with E-state index in [2.05, 4.69) is 18.2 Å². The van der Waals surface area contributed by atoms with Gasteiger partial charge in [0.15, 0.2) is 0 Å². The van der Waals surface area contributed by atoms with Crippen molar-refractivity contribution in [3.8, 4) is 0 Å². The van der Waals surface area contributed by atoms with Crippen LogP contribution in [0.5, 0.6) is 0 Å². The minimum Gasteiger partial charge on any atom is -0.478 e. The van der Waals surface area contributed by atoms with E-state index in [1.54, 1.807) is 0 Å². The molecule has 0 aromatic rings. The molecule has 0 aliphatic rings. The Balaban J connectivity index is 4.89. The molecule has 0 bridgehead atoms. The van der Waals surface area contributed by atoms with Crippen LogP contribution in [0.1, 0.15) is 6.92 Å². The van der Waals surface area contributed by atoms with Crippen LogP contribution in [0.2, 0.25) is 0 Å². The summed E-state index contributed by atoms with van der Waals surface area (Å²) < 4.78 is 4.17. The number of carboxylic acids is 2. The lowest BCUT2D eigenvalue weighted by molar-refractivity contribution is -0.182. The molecule has 0 saturated carbocycles. The number of ether oxygens (including phenoxy) is 1. The van der Waals surface area contributed by atoms with E-state index >= 15 is 0 Å². The molecule has 0 unspecified atom stereocenters. The summed E-state index contributed by atoms with van der Waals surface area (Å²) in [4.78, 5) is 31.8. The van der Waals surface area contributed by atoms with E-state index in [-0.39, 0.29) is 5.57 Å². The van der Waals surface area contributed by atoms with Crippen LogP contribution in [-0.4, -0.2) is 33.7 Å². The van der Waals surface area contributed by atoms with Crippen molar-refractivity contribution < 1.29 is 29.3 Å². The van der Waals surface area contributed by atoms with Gasteiger partial charge in [-0.3, -0.25) is 0 Å². The van der Waals surface area contributed by atoms with Crippen molar-refractivity contribution in [1.82, 2.24) is 0 Å². The van der Waals surface area contributed by atoms with E-state index in [1.807, 2.05) is 0 Å². The van der Waals surface area contributed by atoms with Crippen molar-refractivity contribution in [2.24, 2.45) is 0 Å². The minimum absolute atomic E-state index is 0.111. The van der Waals surface area contributed by atoms with Gasteiger partial charge < -0.3 is 14.9 Å². The molecule has 6 heteroatoms. The molecule has 0 aliphatic carbocycles. The molecule has 1 radical (unpaired) electrons. The lowest BCUT2D eigenvalue weighted by Crippen LogP contribution is -2.48. The van der Waals surface area contributed by atoms with Gasteiger partial charge in [0.2, 0.25) is 0 Å². The van der Waals surface area contributed by atoms with Crippen LogP contribution in [0.25, 0.3) is 0 Å². The van der Waals surface area contributed by atoms with Gasteiger partial charge in [0, 0.05) is 12.5 Å². The molecule has 6 nitrogen and oxygen atoms in total. The van der Waals surface area contributed by atoms with E-state index in [9.17, 15) is 14.4 Å². The number of rotatable bonds is 4. The molecule has 14 heavy (non-hydrogen) atoms. The molecular weight excluding hydrogens is 192 g/mol. The normalized spacial score (nSPS) is 10.4. The molecule has 0 aromatic carbocycles. The number of esters is 1. The van der Waals surface area contributed by atoms with E-state index in [0.29, 0.717) is 0 Å². The zero-order valence-electron chi connectivity index (χ0n) is 7.44. The minimum atomic E-state index is -2.82. The number of hydrogen-bond donors (Lipinski definition) is 2. The highest BCUT2D eigenvalue weighted by atomic mass is 16.6. The van der Waals surface area contributed by atoms with Crippen LogP contribution in [0.15, 0.2) is 12.2 Å². The van der Waals surface area contributed by atoms with Crippen molar-refractivity contribution in [3.05, 3.63) is 19.1 Å². The number of carbonyl (C=O) groups is 3. The second kappa shape index (κ2) is 3.91. The molecule has 0 amide bonds. The van der Waals surface area contributed by atoms with Crippen molar-refractivity contribution >= 4 is 17.9 Å². The molecule has 0 fully saturated rings. The van der Waals surface area contributed by atoms with Gasteiger partial charge in [0.25, 0.3) is 0 Å². The number of hydrogen-bond acceptors (Lipinski definition) is 4. The highest BCUT2D eigenvalue weighted by Gasteiger charge is 2.46. The van der Waals surface area contributed by atoms with Gasteiger partial charge in [-0.05, 0) is 6.92 Å². The Morgan fingerprint density at radius 2 is 1.57 bits per heavy atom. The maximum absolute atomic E-state index is 10.9. The fourth-order valence-electron chi connectivity index (χ4n) is 0.424. The quantitative estimate of drug-likeness (QED) is 0.372.